The Labute approximate surface area is 175 Å². The molecular formula is C15H12N2O15. The summed E-state index contributed by atoms with van der Waals surface area (Å²) < 4.78 is 0. The number of ketones is 3. The maximum Gasteiger partial charge on any atom is 0.399 e. The molecule has 32 heavy (non-hydrogen) atoms. The van der Waals surface area contributed by atoms with Crippen LogP contribution in [0.1, 0.15) is 38.5 Å². The van der Waals surface area contributed by atoms with E-state index in [0.29, 0.717) is 0 Å². The van der Waals surface area contributed by atoms with Crippen LogP contribution in [-0.2, 0) is 72.2 Å². The van der Waals surface area contributed by atoms with Gasteiger partial charge in [-0.25, -0.2) is 14.4 Å². The van der Waals surface area contributed by atoms with Crippen LogP contribution in [0, 0.1) is 0 Å². The number of rotatable bonds is 6. The minimum absolute atomic E-state index is 0.330. The lowest BCUT2D eigenvalue weighted by Crippen LogP contribution is -2.39. The molecular weight excluding hydrogens is 448 g/mol. The summed E-state index contributed by atoms with van der Waals surface area (Å²) >= 11 is 0. The second kappa shape index (κ2) is 10.7. The summed E-state index contributed by atoms with van der Waals surface area (Å²) in [4.78, 5) is 128. The molecule has 2 fully saturated rings. The Morgan fingerprint density at radius 1 is 0.656 bits per heavy atom. The van der Waals surface area contributed by atoms with E-state index in [4.69, 9.17) is 0 Å². The van der Waals surface area contributed by atoms with E-state index < -0.39 is 97.1 Å². The quantitative estimate of drug-likeness (QED) is 0.372. The lowest BCUT2D eigenvalue weighted by Gasteiger charge is -2.19. The molecule has 0 N–H and O–H groups in total. The van der Waals surface area contributed by atoms with Crippen molar-refractivity contribution in [2.24, 2.45) is 0 Å². The average molecular weight is 460 g/mol. The van der Waals surface area contributed by atoms with Gasteiger partial charge < -0.3 is 14.5 Å². The minimum atomic E-state index is -1.76. The minimum Gasteiger partial charge on any atom is -0.300 e. The molecule has 2 rings (SSSR count). The molecule has 0 atom stereocenters. The molecule has 0 bridgehead atoms. The van der Waals surface area contributed by atoms with Crippen molar-refractivity contribution in [2.45, 2.75) is 38.5 Å². The van der Waals surface area contributed by atoms with E-state index in [1.807, 2.05) is 0 Å². The summed E-state index contributed by atoms with van der Waals surface area (Å²) in [7, 11) is 0. The van der Waals surface area contributed by atoms with Gasteiger partial charge in [0, 0.05) is 19.3 Å². The van der Waals surface area contributed by atoms with Crippen LogP contribution in [0.5, 0.6) is 0 Å². The largest absolute Gasteiger partial charge is 0.399 e. The first-order chi connectivity index (χ1) is 15.0. The van der Waals surface area contributed by atoms with Crippen LogP contribution in [0.2, 0.25) is 0 Å². The van der Waals surface area contributed by atoms with Crippen molar-refractivity contribution in [1.82, 2.24) is 10.8 Å². The Hall–Kier alpha value is -4.25. The molecule has 0 spiro atoms. The van der Waals surface area contributed by atoms with Gasteiger partial charge in [0.2, 0.25) is 28.1 Å². The fourth-order valence-corrected chi connectivity index (χ4v) is 1.81. The van der Waals surface area contributed by atoms with E-state index in [1.54, 1.807) is 0 Å². The molecule has 0 unspecified atom stereocenters. The molecule has 0 aromatic carbocycles. The number of hydrogen-bond donors (Lipinski definition) is 0. The normalized spacial score (nSPS) is 18.6. The van der Waals surface area contributed by atoms with Crippen molar-refractivity contribution in [2.75, 3.05) is 0 Å². The Balaban J connectivity index is 1.83. The zero-order valence-corrected chi connectivity index (χ0v) is 15.8. The van der Waals surface area contributed by atoms with E-state index >= 15 is 0 Å². The first-order valence-electron chi connectivity index (χ1n) is 8.53. The molecule has 0 saturated carbocycles. The SMILES string of the molecule is O=C1CCC(=O)C(=O)ON(OC(=O)CCC(=O)C(=O)ON2OC(=O)CCC(=O)C(=O)O2)O1. The lowest BCUT2D eigenvalue weighted by molar-refractivity contribution is -0.463. The van der Waals surface area contributed by atoms with E-state index in [2.05, 4.69) is 29.0 Å². The molecule has 172 valence electrons. The molecule has 0 radical (unpaired) electrons. The molecule has 0 aromatic rings. The van der Waals surface area contributed by atoms with Crippen LogP contribution in [-0.4, -0.2) is 63.9 Å². The van der Waals surface area contributed by atoms with Gasteiger partial charge in [-0.3, -0.25) is 43.3 Å². The molecule has 2 heterocycles. The molecule has 17 heteroatoms. The smallest absolute Gasteiger partial charge is 0.300 e. The highest BCUT2D eigenvalue weighted by Crippen LogP contribution is 2.10. The average Bonchev–Trinajstić information content (AvgIpc) is 2.72. The van der Waals surface area contributed by atoms with Crippen molar-refractivity contribution in [3.05, 3.63) is 0 Å². The molecule has 2 saturated heterocycles. The van der Waals surface area contributed by atoms with Gasteiger partial charge in [0.05, 0.1) is 19.3 Å². The lowest BCUT2D eigenvalue weighted by atomic mass is 10.2. The summed E-state index contributed by atoms with van der Waals surface area (Å²) in [6.07, 6.45) is -3.75. The van der Waals surface area contributed by atoms with Gasteiger partial charge in [-0.15, -0.1) is 0 Å². The van der Waals surface area contributed by atoms with Crippen LogP contribution in [0.25, 0.3) is 0 Å². The number of carbonyl (C=O) groups is 9. The summed E-state index contributed by atoms with van der Waals surface area (Å²) in [6.45, 7) is 0. The molecule has 2 aliphatic rings. The van der Waals surface area contributed by atoms with Crippen molar-refractivity contribution in [3.63, 3.8) is 0 Å². The number of Topliss-reactive ketones (excluding diaryl/α,β-unsaturated/α-hetero) is 3. The number of carbonyl (C=O) groups excluding carboxylic acids is 9. The van der Waals surface area contributed by atoms with Crippen molar-refractivity contribution >= 4 is 53.2 Å². The third kappa shape index (κ3) is 7.22. The Morgan fingerprint density at radius 2 is 1.12 bits per heavy atom. The standard InChI is InChI=1S/C15H12N2O15/c18-7-1-4-10(21)27-16(30-13(7)24)28-11(22)5-2-8(19)14(25)31-17-29-12(23)6-3-9(20)15(26)32-17/h1-6H2. The van der Waals surface area contributed by atoms with Crippen molar-refractivity contribution in [3.8, 4) is 0 Å². The van der Waals surface area contributed by atoms with Crippen LogP contribution < -0.4 is 0 Å². The Morgan fingerprint density at radius 3 is 1.62 bits per heavy atom. The number of nitrogens with zero attached hydrogens (tertiary/aromatic N) is 2. The third-order valence-corrected chi connectivity index (χ3v) is 3.35. The topological polar surface area (TPSA) is 215 Å². The predicted octanol–water partition coefficient (Wildman–Crippen LogP) is -2.59. The van der Waals surface area contributed by atoms with Gasteiger partial charge in [-0.1, -0.05) is 0 Å². The predicted molar refractivity (Wildman–Crippen MR) is 83.0 cm³/mol. The first-order valence-corrected chi connectivity index (χ1v) is 8.53. The van der Waals surface area contributed by atoms with Crippen LogP contribution in [0.3, 0.4) is 0 Å². The molecule has 0 amide bonds. The highest BCUT2D eigenvalue weighted by Gasteiger charge is 2.33. The van der Waals surface area contributed by atoms with Crippen LogP contribution in [0.4, 0.5) is 0 Å². The van der Waals surface area contributed by atoms with Crippen molar-refractivity contribution in [1.29, 1.82) is 0 Å². The summed E-state index contributed by atoms with van der Waals surface area (Å²) in [5.41, 5.74) is 0. The molecule has 17 nitrogen and oxygen atoms in total. The highest BCUT2D eigenvalue weighted by molar-refractivity contribution is 6.34. The fourth-order valence-electron chi connectivity index (χ4n) is 1.81. The summed E-state index contributed by atoms with van der Waals surface area (Å²) in [5, 5.41) is -0.764. The monoisotopic (exact) mass is 460 g/mol. The first kappa shape index (κ1) is 24.0. The third-order valence-electron chi connectivity index (χ3n) is 3.35. The van der Waals surface area contributed by atoms with E-state index in [1.165, 1.54) is 0 Å². The van der Waals surface area contributed by atoms with Gasteiger partial charge >= 0.3 is 35.8 Å². The maximum atomic E-state index is 11.8. The molecule has 0 aliphatic carbocycles. The van der Waals surface area contributed by atoms with E-state index in [9.17, 15) is 43.2 Å². The summed E-state index contributed by atoms with van der Waals surface area (Å²) in [5.74, 6) is -12.0. The second-order valence-corrected chi connectivity index (χ2v) is 5.74. The molecule has 2 aliphatic heterocycles. The van der Waals surface area contributed by atoms with Crippen molar-refractivity contribution < 1.29 is 72.2 Å². The zero-order valence-electron chi connectivity index (χ0n) is 15.8. The Bertz CT molecular complexity index is 893. The highest BCUT2D eigenvalue weighted by atomic mass is 17.2. The maximum absolute atomic E-state index is 11.8. The fraction of sp³-hybridized carbons (Fsp3) is 0.400. The van der Waals surface area contributed by atoms with Crippen LogP contribution in [0.15, 0.2) is 0 Å². The van der Waals surface area contributed by atoms with Gasteiger partial charge in [0.1, 0.15) is 0 Å². The van der Waals surface area contributed by atoms with Gasteiger partial charge in [-0.05, 0) is 0 Å². The van der Waals surface area contributed by atoms with E-state index in [-0.39, 0.29) is 5.39 Å². The summed E-state index contributed by atoms with van der Waals surface area (Å²) in [6, 6.07) is 0. The Kier molecular flexibility index (Phi) is 8.02. The zero-order chi connectivity index (χ0) is 23.8. The van der Waals surface area contributed by atoms with Gasteiger partial charge in [0.15, 0.2) is 0 Å². The second-order valence-electron chi connectivity index (χ2n) is 5.74. The number of hydrogen-bond acceptors (Lipinski definition) is 17. The van der Waals surface area contributed by atoms with E-state index in [0.717, 1.165) is 0 Å². The van der Waals surface area contributed by atoms with Gasteiger partial charge in [0.25, 0.3) is 0 Å². The van der Waals surface area contributed by atoms with Crippen LogP contribution >= 0.6 is 0 Å². The molecule has 0 aromatic heterocycles. The van der Waals surface area contributed by atoms with Gasteiger partial charge in [-0.2, -0.15) is 0 Å².